The van der Waals surface area contributed by atoms with Crippen molar-refractivity contribution in [3.05, 3.63) is 107 Å². The molecular formula is C28H20FN3O2. The van der Waals surface area contributed by atoms with Gasteiger partial charge < -0.3 is 9.64 Å². The number of benzene rings is 3. The maximum atomic E-state index is 13.9. The van der Waals surface area contributed by atoms with Crippen molar-refractivity contribution in [3.8, 4) is 17.9 Å². The maximum Gasteiger partial charge on any atom is 0.185 e. The molecule has 3 aromatic rings. The van der Waals surface area contributed by atoms with Crippen LogP contribution in [-0.4, -0.2) is 23.8 Å². The van der Waals surface area contributed by atoms with Crippen molar-refractivity contribution in [1.29, 1.82) is 10.5 Å². The minimum absolute atomic E-state index is 0.276. The lowest BCUT2D eigenvalue weighted by Crippen LogP contribution is -2.37. The molecule has 1 saturated heterocycles. The van der Waals surface area contributed by atoms with Gasteiger partial charge in [0.15, 0.2) is 11.2 Å². The molecule has 166 valence electrons. The number of halogens is 1. The quantitative estimate of drug-likeness (QED) is 0.509. The SMILES string of the molecule is COc1ccc([C@H]2[C@H](C(=O)c3ccc(F)cc3)N3C=Cc4ccccc4[C@H]3C2(C#N)C#N)cc1. The van der Waals surface area contributed by atoms with Crippen LogP contribution in [0.4, 0.5) is 4.39 Å². The summed E-state index contributed by atoms with van der Waals surface area (Å²) in [6.45, 7) is 0. The molecule has 0 saturated carbocycles. The van der Waals surface area contributed by atoms with Crippen LogP contribution in [0.3, 0.4) is 0 Å². The van der Waals surface area contributed by atoms with Crippen LogP contribution in [0.1, 0.15) is 39.0 Å². The van der Waals surface area contributed by atoms with Gasteiger partial charge in [-0.1, -0.05) is 36.4 Å². The van der Waals surface area contributed by atoms with Gasteiger partial charge in [-0.2, -0.15) is 10.5 Å². The number of ether oxygens (including phenoxy) is 1. The van der Waals surface area contributed by atoms with Crippen molar-refractivity contribution >= 4 is 11.9 Å². The molecule has 6 heteroatoms. The Labute approximate surface area is 196 Å². The molecule has 1 fully saturated rings. The van der Waals surface area contributed by atoms with Crippen LogP contribution in [0, 0.1) is 33.9 Å². The summed E-state index contributed by atoms with van der Waals surface area (Å²) < 4.78 is 18.9. The Morgan fingerprint density at radius 2 is 1.68 bits per heavy atom. The topological polar surface area (TPSA) is 77.1 Å². The molecule has 3 atom stereocenters. The van der Waals surface area contributed by atoms with Gasteiger partial charge in [0.2, 0.25) is 0 Å². The molecule has 2 aliphatic rings. The van der Waals surface area contributed by atoms with E-state index in [-0.39, 0.29) is 5.78 Å². The molecule has 0 N–H and O–H groups in total. The minimum atomic E-state index is -1.55. The molecule has 3 aromatic carbocycles. The summed E-state index contributed by atoms with van der Waals surface area (Å²) in [7, 11) is 1.56. The van der Waals surface area contributed by atoms with Gasteiger partial charge in [-0.3, -0.25) is 4.79 Å². The molecule has 0 bridgehead atoms. The van der Waals surface area contributed by atoms with Gasteiger partial charge in [0.05, 0.1) is 25.3 Å². The van der Waals surface area contributed by atoms with Crippen LogP contribution < -0.4 is 4.74 Å². The number of hydrogen-bond donors (Lipinski definition) is 0. The summed E-state index contributed by atoms with van der Waals surface area (Å²) in [5, 5.41) is 21.0. The zero-order chi connectivity index (χ0) is 23.9. The average molecular weight is 449 g/mol. The number of nitriles is 2. The van der Waals surface area contributed by atoms with Gasteiger partial charge >= 0.3 is 0 Å². The summed E-state index contributed by atoms with van der Waals surface area (Å²) >= 11 is 0. The van der Waals surface area contributed by atoms with E-state index in [0.29, 0.717) is 16.9 Å². The standard InChI is InChI=1S/C28H20FN3O2/c1-34-22-12-8-19(9-13-22)24-25(26(33)20-6-10-21(29)11-7-20)32-15-14-18-4-2-3-5-23(18)27(32)28(24,16-30)17-31/h2-15,24-25,27H,1H3/t24-,25+,27-/m0/s1. The molecule has 0 radical (unpaired) electrons. The molecule has 2 heterocycles. The zero-order valence-corrected chi connectivity index (χ0v) is 18.4. The first-order valence-corrected chi connectivity index (χ1v) is 10.8. The molecule has 34 heavy (non-hydrogen) atoms. The molecule has 0 amide bonds. The van der Waals surface area contributed by atoms with E-state index in [2.05, 4.69) is 12.1 Å². The molecule has 0 aromatic heterocycles. The number of carbonyl (C=O) groups excluding carboxylic acids is 1. The average Bonchev–Trinajstić information content (AvgIpc) is 3.20. The van der Waals surface area contributed by atoms with Crippen molar-refractivity contribution in [3.63, 3.8) is 0 Å². The Kier molecular flexibility index (Phi) is 5.15. The Hall–Kier alpha value is -4.42. The number of nitrogens with zero attached hydrogens (tertiary/aromatic N) is 3. The van der Waals surface area contributed by atoms with E-state index < -0.39 is 29.2 Å². The van der Waals surface area contributed by atoms with Gasteiger partial charge in [-0.25, -0.2) is 4.39 Å². The number of carbonyl (C=O) groups is 1. The van der Waals surface area contributed by atoms with Gasteiger partial charge in [0.1, 0.15) is 17.6 Å². The van der Waals surface area contributed by atoms with E-state index in [1.165, 1.54) is 24.3 Å². The van der Waals surface area contributed by atoms with Crippen molar-refractivity contribution in [2.75, 3.05) is 7.11 Å². The predicted molar refractivity (Wildman–Crippen MR) is 124 cm³/mol. The Morgan fingerprint density at radius 1 is 1.00 bits per heavy atom. The zero-order valence-electron chi connectivity index (χ0n) is 18.4. The van der Waals surface area contributed by atoms with Crippen molar-refractivity contribution in [2.45, 2.75) is 18.0 Å². The second kappa shape index (κ2) is 8.17. The van der Waals surface area contributed by atoms with E-state index in [0.717, 1.165) is 11.1 Å². The highest BCUT2D eigenvalue weighted by Gasteiger charge is 2.63. The Balaban J connectivity index is 1.75. The Bertz CT molecular complexity index is 1350. The first kappa shape index (κ1) is 21.4. The first-order valence-electron chi connectivity index (χ1n) is 10.8. The smallest absolute Gasteiger partial charge is 0.185 e. The number of hydrogen-bond acceptors (Lipinski definition) is 5. The second-order valence-corrected chi connectivity index (χ2v) is 8.45. The summed E-state index contributed by atoms with van der Waals surface area (Å²) in [5.74, 6) is -0.845. The van der Waals surface area contributed by atoms with E-state index in [4.69, 9.17) is 4.74 Å². The highest BCUT2D eigenvalue weighted by molar-refractivity contribution is 6.01. The monoisotopic (exact) mass is 449 g/mol. The van der Waals surface area contributed by atoms with Crippen LogP contribution in [0.2, 0.25) is 0 Å². The molecule has 5 nitrogen and oxygen atoms in total. The van der Waals surface area contributed by atoms with Crippen LogP contribution in [0.15, 0.2) is 79.0 Å². The fraction of sp³-hybridized carbons (Fsp3) is 0.179. The number of ketones is 1. The molecular weight excluding hydrogens is 429 g/mol. The second-order valence-electron chi connectivity index (χ2n) is 8.45. The van der Waals surface area contributed by atoms with Gasteiger partial charge in [-0.05, 0) is 59.2 Å². The predicted octanol–water partition coefficient (Wildman–Crippen LogP) is 5.24. The minimum Gasteiger partial charge on any atom is -0.497 e. The lowest BCUT2D eigenvalue weighted by atomic mass is 9.67. The number of methoxy groups -OCH3 is 1. The third-order valence-corrected chi connectivity index (χ3v) is 6.82. The normalized spacial score (nSPS) is 21.6. The lowest BCUT2D eigenvalue weighted by Gasteiger charge is -2.34. The first-order chi connectivity index (χ1) is 16.5. The van der Waals surface area contributed by atoms with E-state index in [1.54, 1.807) is 37.6 Å². The molecule has 5 rings (SSSR count). The molecule has 0 unspecified atom stereocenters. The van der Waals surface area contributed by atoms with Gasteiger partial charge in [-0.15, -0.1) is 0 Å². The van der Waals surface area contributed by atoms with Crippen LogP contribution in [-0.2, 0) is 0 Å². The number of Topliss-reactive ketones (excluding diaryl/α,β-unsaturated/α-hetero) is 1. The van der Waals surface area contributed by atoms with E-state index >= 15 is 0 Å². The van der Waals surface area contributed by atoms with Crippen molar-refractivity contribution in [2.24, 2.45) is 5.41 Å². The van der Waals surface area contributed by atoms with E-state index in [1.807, 2.05) is 35.2 Å². The maximum absolute atomic E-state index is 13.9. The van der Waals surface area contributed by atoms with Crippen molar-refractivity contribution in [1.82, 2.24) is 4.90 Å². The highest BCUT2D eigenvalue weighted by atomic mass is 19.1. The molecule has 2 aliphatic heterocycles. The van der Waals surface area contributed by atoms with Crippen LogP contribution in [0.5, 0.6) is 5.75 Å². The van der Waals surface area contributed by atoms with Crippen LogP contribution in [0.25, 0.3) is 6.08 Å². The Morgan fingerprint density at radius 3 is 2.32 bits per heavy atom. The fourth-order valence-corrected chi connectivity index (χ4v) is 5.26. The third kappa shape index (κ3) is 3.08. The van der Waals surface area contributed by atoms with Crippen LogP contribution >= 0.6 is 0 Å². The molecule has 0 aliphatic carbocycles. The van der Waals surface area contributed by atoms with Gasteiger partial charge in [0.25, 0.3) is 0 Å². The van der Waals surface area contributed by atoms with Gasteiger partial charge in [0, 0.05) is 17.7 Å². The van der Waals surface area contributed by atoms with Crippen molar-refractivity contribution < 1.29 is 13.9 Å². The lowest BCUT2D eigenvalue weighted by molar-refractivity contribution is 0.0874. The summed E-state index contributed by atoms with van der Waals surface area (Å²) in [4.78, 5) is 15.7. The number of fused-ring (bicyclic) bond motifs is 3. The molecule has 0 spiro atoms. The third-order valence-electron chi connectivity index (χ3n) is 6.82. The fourth-order valence-electron chi connectivity index (χ4n) is 5.26. The summed E-state index contributed by atoms with van der Waals surface area (Å²) in [5.41, 5.74) is 1.19. The highest BCUT2D eigenvalue weighted by Crippen LogP contribution is 2.60. The van der Waals surface area contributed by atoms with E-state index in [9.17, 15) is 19.7 Å². The number of rotatable bonds is 4. The largest absolute Gasteiger partial charge is 0.497 e. The summed E-state index contributed by atoms with van der Waals surface area (Å²) in [6, 6.07) is 23.2. The summed E-state index contributed by atoms with van der Waals surface area (Å²) in [6.07, 6.45) is 3.69.